The lowest BCUT2D eigenvalue weighted by molar-refractivity contribution is -0.140. The average Bonchev–Trinajstić information content (AvgIpc) is 2.53. The van der Waals surface area contributed by atoms with Crippen LogP contribution in [0.15, 0.2) is 24.3 Å². The maximum atomic E-state index is 10.6. The minimum atomic E-state index is -0.899. The highest BCUT2D eigenvalue weighted by atomic mass is 16.5. The summed E-state index contributed by atoms with van der Waals surface area (Å²) in [5.74, 6) is -0.765. The Balaban J connectivity index is 3.93. The summed E-state index contributed by atoms with van der Waals surface area (Å²) in [6.07, 6.45) is 3.98. The highest BCUT2D eigenvalue weighted by Crippen LogP contribution is 2.13. The van der Waals surface area contributed by atoms with Crippen molar-refractivity contribution in [1.82, 2.24) is 0 Å². The van der Waals surface area contributed by atoms with Crippen LogP contribution in [-0.2, 0) is 19.1 Å². The molecule has 0 unspecified atom stereocenters. The number of rotatable bonds is 14. The second-order valence-electron chi connectivity index (χ2n) is 6.34. The van der Waals surface area contributed by atoms with Crippen molar-refractivity contribution in [1.29, 1.82) is 0 Å². The van der Waals surface area contributed by atoms with Gasteiger partial charge in [-0.3, -0.25) is 9.59 Å². The van der Waals surface area contributed by atoms with Crippen LogP contribution in [0.2, 0.25) is 0 Å². The van der Waals surface area contributed by atoms with E-state index in [-0.39, 0.29) is 44.4 Å². The van der Waals surface area contributed by atoms with Gasteiger partial charge in [-0.15, -0.1) is 0 Å². The number of carbonyl (C=O) groups excluding carboxylic acids is 2. The van der Waals surface area contributed by atoms with E-state index in [1.54, 1.807) is 24.3 Å². The second-order valence-corrected chi connectivity index (χ2v) is 6.34. The Morgan fingerprint density at radius 3 is 1.33 bits per heavy atom. The molecule has 0 radical (unpaired) electrons. The molecule has 4 atom stereocenters. The lowest BCUT2D eigenvalue weighted by Gasteiger charge is -2.19. The smallest absolute Gasteiger partial charge is 0.302 e. The van der Waals surface area contributed by atoms with Crippen LogP contribution in [0.5, 0.6) is 0 Å². The van der Waals surface area contributed by atoms with Gasteiger partial charge in [0.2, 0.25) is 0 Å². The Morgan fingerprint density at radius 2 is 1.00 bits per heavy atom. The minimum absolute atomic E-state index is 0.0441. The van der Waals surface area contributed by atoms with Gasteiger partial charge in [-0.2, -0.15) is 0 Å². The van der Waals surface area contributed by atoms with Crippen molar-refractivity contribution in [3.05, 3.63) is 24.3 Å². The molecule has 0 aliphatic rings. The van der Waals surface area contributed by atoms with Gasteiger partial charge < -0.3 is 29.9 Å². The Labute approximate surface area is 160 Å². The van der Waals surface area contributed by atoms with Crippen molar-refractivity contribution in [2.24, 2.45) is 0 Å². The first-order valence-corrected chi connectivity index (χ1v) is 8.99. The molecule has 0 heterocycles. The maximum Gasteiger partial charge on any atom is 0.302 e. The first-order chi connectivity index (χ1) is 12.7. The van der Waals surface area contributed by atoms with Crippen LogP contribution in [0.4, 0.5) is 0 Å². The summed E-state index contributed by atoms with van der Waals surface area (Å²) in [6, 6.07) is 0. The summed E-state index contributed by atoms with van der Waals surface area (Å²) >= 11 is 0. The summed E-state index contributed by atoms with van der Waals surface area (Å²) in [7, 11) is 0. The second kappa shape index (κ2) is 15.3. The molecule has 0 bridgehead atoms. The summed E-state index contributed by atoms with van der Waals surface area (Å²) in [5.41, 5.74) is 0. The molecule has 0 aromatic rings. The summed E-state index contributed by atoms with van der Waals surface area (Å²) in [6.45, 7) is 2.88. The third-order valence-electron chi connectivity index (χ3n) is 3.55. The predicted octanol–water partition coefficient (Wildman–Crippen LogP) is 0.619. The van der Waals surface area contributed by atoms with Crippen LogP contribution < -0.4 is 0 Å². The molecule has 8 heteroatoms. The Hall–Kier alpha value is -1.74. The van der Waals surface area contributed by atoms with Gasteiger partial charge in [-0.25, -0.2) is 0 Å². The fourth-order valence-corrected chi connectivity index (χ4v) is 2.30. The molecule has 4 N–H and O–H groups in total. The fourth-order valence-electron chi connectivity index (χ4n) is 2.30. The van der Waals surface area contributed by atoms with Gasteiger partial charge in [0.05, 0.1) is 24.4 Å². The first-order valence-electron chi connectivity index (χ1n) is 8.99. The van der Waals surface area contributed by atoms with Gasteiger partial charge in [0.25, 0.3) is 0 Å². The van der Waals surface area contributed by atoms with Gasteiger partial charge in [0.15, 0.2) is 0 Å². The van der Waals surface area contributed by atoms with Crippen LogP contribution in [0.1, 0.15) is 46.0 Å². The largest absolute Gasteiger partial charge is 0.462 e. The molecular weight excluding hydrogens is 356 g/mol. The molecule has 27 heavy (non-hydrogen) atoms. The monoisotopic (exact) mass is 388 g/mol. The molecular formula is C19H32O8. The topological polar surface area (TPSA) is 134 Å². The van der Waals surface area contributed by atoms with E-state index in [9.17, 15) is 30.0 Å². The van der Waals surface area contributed by atoms with Crippen molar-refractivity contribution in [2.45, 2.75) is 70.4 Å². The zero-order valence-electron chi connectivity index (χ0n) is 16.0. The lowest BCUT2D eigenvalue weighted by atomic mass is 9.99. The fraction of sp³-hybridized carbons (Fsp3) is 0.684. The van der Waals surface area contributed by atoms with Crippen LogP contribution >= 0.6 is 0 Å². The van der Waals surface area contributed by atoms with Gasteiger partial charge in [0.1, 0.15) is 13.2 Å². The number of esters is 2. The van der Waals surface area contributed by atoms with E-state index in [0.717, 1.165) is 0 Å². The molecule has 0 aromatic heterocycles. The number of carbonyl (C=O) groups is 2. The van der Waals surface area contributed by atoms with Gasteiger partial charge in [-0.1, -0.05) is 24.3 Å². The number of hydrogen-bond acceptors (Lipinski definition) is 8. The van der Waals surface area contributed by atoms with E-state index >= 15 is 0 Å². The van der Waals surface area contributed by atoms with E-state index in [0.29, 0.717) is 12.8 Å². The molecule has 0 aromatic carbocycles. The van der Waals surface area contributed by atoms with E-state index < -0.39 is 24.4 Å². The Kier molecular flexibility index (Phi) is 14.3. The molecule has 0 aliphatic heterocycles. The number of aliphatic hydroxyl groups is 4. The third-order valence-corrected chi connectivity index (χ3v) is 3.55. The van der Waals surface area contributed by atoms with Gasteiger partial charge in [0, 0.05) is 13.8 Å². The highest BCUT2D eigenvalue weighted by Gasteiger charge is 2.18. The Bertz CT molecular complexity index is 432. The molecule has 0 aliphatic carbocycles. The van der Waals surface area contributed by atoms with E-state index in [1.807, 2.05) is 0 Å². The zero-order valence-corrected chi connectivity index (χ0v) is 16.0. The molecule has 0 spiro atoms. The summed E-state index contributed by atoms with van der Waals surface area (Å²) < 4.78 is 9.41. The van der Waals surface area contributed by atoms with Crippen molar-refractivity contribution < 1.29 is 39.5 Å². The minimum Gasteiger partial charge on any atom is -0.462 e. The van der Waals surface area contributed by atoms with E-state index in [4.69, 9.17) is 9.47 Å². The van der Waals surface area contributed by atoms with E-state index in [1.165, 1.54) is 13.8 Å². The van der Waals surface area contributed by atoms with Crippen LogP contribution in [0, 0.1) is 0 Å². The van der Waals surface area contributed by atoms with Crippen LogP contribution in [-0.4, -0.2) is 70.0 Å². The average molecular weight is 388 g/mol. The Morgan fingerprint density at radius 1 is 0.667 bits per heavy atom. The molecule has 156 valence electrons. The third kappa shape index (κ3) is 17.4. The van der Waals surface area contributed by atoms with Crippen molar-refractivity contribution in [2.75, 3.05) is 13.2 Å². The molecule has 8 nitrogen and oxygen atoms in total. The highest BCUT2D eigenvalue weighted by molar-refractivity contribution is 5.66. The van der Waals surface area contributed by atoms with E-state index in [2.05, 4.69) is 0 Å². The van der Waals surface area contributed by atoms with Crippen molar-refractivity contribution >= 4 is 11.9 Å². The molecule has 0 fully saturated rings. The molecule has 0 saturated carbocycles. The quantitative estimate of drug-likeness (QED) is 0.251. The van der Waals surface area contributed by atoms with Crippen LogP contribution in [0.3, 0.4) is 0 Å². The maximum absolute atomic E-state index is 10.6. The number of ether oxygens (including phenoxy) is 2. The summed E-state index contributed by atoms with van der Waals surface area (Å²) in [5, 5.41) is 39.5. The van der Waals surface area contributed by atoms with Crippen molar-refractivity contribution in [3.8, 4) is 0 Å². The first kappa shape index (κ1) is 25.3. The SMILES string of the molecule is CC(=O)OC/C=C/C[C@@H](O)C[C@H](O)C[C@H](O)C[C@@H](O)C/C=C/COC(C)=O. The van der Waals surface area contributed by atoms with Gasteiger partial charge >= 0.3 is 11.9 Å². The standard InChI is InChI=1S/C19H32O8/c1-14(20)26-9-5-3-7-16(22)11-18(24)13-19(25)12-17(23)8-4-6-10-27-15(2)21/h3-6,16-19,22-25H,7-13H2,1-2H3/b5-3+,6-4+/t16-,17+,18+,19-. The molecule has 0 amide bonds. The summed E-state index contributed by atoms with van der Waals surface area (Å²) in [4.78, 5) is 21.2. The van der Waals surface area contributed by atoms with Gasteiger partial charge in [-0.05, 0) is 32.1 Å². The zero-order chi connectivity index (χ0) is 20.7. The molecule has 0 rings (SSSR count). The predicted molar refractivity (Wildman–Crippen MR) is 98.7 cm³/mol. The van der Waals surface area contributed by atoms with Crippen LogP contribution in [0.25, 0.3) is 0 Å². The normalized spacial score (nSPS) is 16.2. The van der Waals surface area contributed by atoms with Crippen molar-refractivity contribution in [3.63, 3.8) is 0 Å². The number of aliphatic hydroxyl groups excluding tert-OH is 4. The molecule has 0 saturated heterocycles. The lowest BCUT2D eigenvalue weighted by Crippen LogP contribution is -2.25. The number of hydrogen-bond donors (Lipinski definition) is 4.